The molecule has 0 atom stereocenters. The first kappa shape index (κ1) is 16.4. The predicted molar refractivity (Wildman–Crippen MR) is 88.3 cm³/mol. The van der Waals surface area contributed by atoms with Gasteiger partial charge in [-0.25, -0.2) is 14.0 Å². The number of benzene rings is 2. The summed E-state index contributed by atoms with van der Waals surface area (Å²) < 4.78 is 14.0. The lowest BCUT2D eigenvalue weighted by atomic mass is 10.1. The van der Waals surface area contributed by atoms with E-state index in [2.05, 4.69) is 10.4 Å². The third-order valence-electron chi connectivity index (χ3n) is 3.89. The number of nitrogens with one attached hydrogen (secondary N) is 2. The number of rotatable bonds is 3. The summed E-state index contributed by atoms with van der Waals surface area (Å²) in [5.74, 6) is -1.69. The molecule has 3 aromatic rings. The number of hydrogen-bond acceptors (Lipinski definition) is 3. The highest BCUT2D eigenvalue weighted by Gasteiger charge is 2.18. The van der Waals surface area contributed by atoms with Crippen LogP contribution in [0.25, 0.3) is 10.9 Å². The largest absolute Gasteiger partial charge is 0.478 e. The van der Waals surface area contributed by atoms with Crippen LogP contribution in [0.4, 0.5) is 9.18 Å². The lowest BCUT2D eigenvalue weighted by Gasteiger charge is -2.08. The highest BCUT2D eigenvalue weighted by atomic mass is 19.1. The fourth-order valence-corrected chi connectivity index (χ4v) is 2.56. The standard InChI is InChI=1S/C17H14FN3O4/c1-9-5-6-11(18)7-10(9)8-19-17(25)21-15(22)14-12(16(23)24)3-2-4-13(14)20-21/h2-7,20H,8H2,1H3,(H,19,25)(H,23,24). The number of carbonyl (C=O) groups excluding carboxylic acids is 1. The van der Waals surface area contributed by atoms with Gasteiger partial charge < -0.3 is 10.4 Å². The smallest absolute Gasteiger partial charge is 0.343 e. The maximum Gasteiger partial charge on any atom is 0.343 e. The zero-order valence-electron chi connectivity index (χ0n) is 13.2. The number of carboxylic acid groups (broad SMARTS) is 1. The van der Waals surface area contributed by atoms with Gasteiger partial charge in [-0.1, -0.05) is 12.1 Å². The van der Waals surface area contributed by atoms with Crippen LogP contribution in [0.2, 0.25) is 0 Å². The van der Waals surface area contributed by atoms with E-state index in [1.165, 1.54) is 30.3 Å². The van der Waals surface area contributed by atoms with Crippen LogP contribution in [0, 0.1) is 12.7 Å². The molecule has 3 rings (SSSR count). The van der Waals surface area contributed by atoms with Gasteiger partial charge in [-0.05, 0) is 42.3 Å². The monoisotopic (exact) mass is 343 g/mol. The topological polar surface area (TPSA) is 104 Å². The predicted octanol–water partition coefficient (Wildman–Crippen LogP) is 2.23. The molecule has 0 unspecified atom stereocenters. The van der Waals surface area contributed by atoms with Crippen molar-refractivity contribution in [2.24, 2.45) is 0 Å². The Morgan fingerprint density at radius 1 is 1.28 bits per heavy atom. The Bertz CT molecular complexity index is 1050. The van der Waals surface area contributed by atoms with Gasteiger partial charge in [0.05, 0.1) is 16.5 Å². The van der Waals surface area contributed by atoms with E-state index in [1.807, 2.05) is 0 Å². The van der Waals surface area contributed by atoms with Crippen LogP contribution in [0.15, 0.2) is 41.2 Å². The molecule has 0 aliphatic carbocycles. The fraction of sp³-hybridized carbons (Fsp3) is 0.118. The van der Waals surface area contributed by atoms with Gasteiger partial charge in [0.1, 0.15) is 5.82 Å². The van der Waals surface area contributed by atoms with Gasteiger partial charge in [-0.3, -0.25) is 9.89 Å². The number of hydrogen-bond donors (Lipinski definition) is 3. The first-order valence-electron chi connectivity index (χ1n) is 7.38. The summed E-state index contributed by atoms with van der Waals surface area (Å²) in [7, 11) is 0. The van der Waals surface area contributed by atoms with Crippen LogP contribution >= 0.6 is 0 Å². The van der Waals surface area contributed by atoms with Gasteiger partial charge in [-0.2, -0.15) is 4.68 Å². The van der Waals surface area contributed by atoms with Crippen LogP contribution in [0.3, 0.4) is 0 Å². The summed E-state index contributed by atoms with van der Waals surface area (Å²) in [6.07, 6.45) is 0. The molecule has 7 nitrogen and oxygen atoms in total. The Balaban J connectivity index is 1.92. The normalized spacial score (nSPS) is 10.8. The third kappa shape index (κ3) is 3.01. The summed E-state index contributed by atoms with van der Waals surface area (Å²) in [5, 5.41) is 14.2. The third-order valence-corrected chi connectivity index (χ3v) is 3.89. The molecule has 1 aromatic heterocycles. The van der Waals surface area contributed by atoms with Gasteiger partial charge >= 0.3 is 12.0 Å². The van der Waals surface area contributed by atoms with Crippen LogP contribution in [-0.4, -0.2) is 26.9 Å². The van der Waals surface area contributed by atoms with E-state index in [4.69, 9.17) is 5.11 Å². The Labute approximate surface area is 140 Å². The number of carbonyl (C=O) groups is 2. The molecule has 0 aliphatic rings. The number of aryl methyl sites for hydroxylation is 1. The Hall–Kier alpha value is -3.42. The number of nitrogens with zero attached hydrogens (tertiary/aromatic N) is 1. The Morgan fingerprint density at radius 3 is 2.76 bits per heavy atom. The Morgan fingerprint density at radius 2 is 2.04 bits per heavy atom. The van der Waals surface area contributed by atoms with E-state index in [0.29, 0.717) is 10.2 Å². The quantitative estimate of drug-likeness (QED) is 0.678. The van der Waals surface area contributed by atoms with Gasteiger partial charge in [0.2, 0.25) is 0 Å². The average Bonchev–Trinajstić information content (AvgIpc) is 2.92. The first-order valence-corrected chi connectivity index (χ1v) is 7.38. The molecule has 2 aromatic carbocycles. The molecule has 0 aliphatic heterocycles. The minimum absolute atomic E-state index is 0.0238. The summed E-state index contributed by atoms with van der Waals surface area (Å²) >= 11 is 0. The molecule has 8 heteroatoms. The minimum Gasteiger partial charge on any atom is -0.478 e. The van der Waals surface area contributed by atoms with Gasteiger partial charge in [0.15, 0.2) is 0 Å². The van der Waals surface area contributed by atoms with E-state index < -0.39 is 23.4 Å². The van der Waals surface area contributed by atoms with Crippen molar-refractivity contribution >= 4 is 22.9 Å². The fourth-order valence-electron chi connectivity index (χ4n) is 2.56. The molecular formula is C17H14FN3O4. The number of aromatic amines is 1. The van der Waals surface area contributed by atoms with Crippen molar-refractivity contribution in [2.75, 3.05) is 0 Å². The molecular weight excluding hydrogens is 329 g/mol. The maximum atomic E-state index is 13.3. The Kier molecular flexibility index (Phi) is 4.10. The molecule has 0 bridgehead atoms. The van der Waals surface area contributed by atoms with E-state index >= 15 is 0 Å². The van der Waals surface area contributed by atoms with Crippen molar-refractivity contribution in [1.29, 1.82) is 0 Å². The highest BCUT2D eigenvalue weighted by molar-refractivity contribution is 6.03. The maximum absolute atomic E-state index is 13.3. The number of H-pyrrole nitrogens is 1. The summed E-state index contributed by atoms with van der Waals surface area (Å²) in [4.78, 5) is 35.9. The molecule has 0 spiro atoms. The van der Waals surface area contributed by atoms with Crippen LogP contribution in [-0.2, 0) is 6.54 Å². The second kappa shape index (κ2) is 6.23. The number of halogens is 1. The van der Waals surface area contributed by atoms with Crippen molar-refractivity contribution in [2.45, 2.75) is 13.5 Å². The number of fused-ring (bicyclic) bond motifs is 1. The molecule has 1 amide bonds. The summed E-state index contributed by atoms with van der Waals surface area (Å²) in [6, 6.07) is 7.70. The minimum atomic E-state index is -1.26. The average molecular weight is 343 g/mol. The van der Waals surface area contributed by atoms with Crippen molar-refractivity contribution in [1.82, 2.24) is 15.1 Å². The zero-order valence-corrected chi connectivity index (χ0v) is 13.2. The molecule has 0 fully saturated rings. The summed E-state index contributed by atoms with van der Waals surface area (Å²) in [5.41, 5.74) is 0.650. The lowest BCUT2D eigenvalue weighted by molar-refractivity contribution is 0.0699. The second-order valence-corrected chi connectivity index (χ2v) is 5.52. The molecule has 1 heterocycles. The van der Waals surface area contributed by atoms with E-state index in [1.54, 1.807) is 13.0 Å². The lowest BCUT2D eigenvalue weighted by Crippen LogP contribution is -2.35. The number of amides is 1. The van der Waals surface area contributed by atoms with Gasteiger partial charge in [0.25, 0.3) is 5.56 Å². The van der Waals surface area contributed by atoms with E-state index in [-0.39, 0.29) is 23.0 Å². The highest BCUT2D eigenvalue weighted by Crippen LogP contribution is 2.14. The number of aromatic carboxylic acids is 1. The van der Waals surface area contributed by atoms with Crippen molar-refractivity contribution in [3.63, 3.8) is 0 Å². The summed E-state index contributed by atoms with van der Waals surface area (Å²) in [6.45, 7) is 1.80. The van der Waals surface area contributed by atoms with Crippen LogP contribution in [0.1, 0.15) is 21.5 Å². The first-order chi connectivity index (χ1) is 11.9. The van der Waals surface area contributed by atoms with Crippen molar-refractivity contribution < 1.29 is 19.1 Å². The molecule has 25 heavy (non-hydrogen) atoms. The van der Waals surface area contributed by atoms with E-state index in [9.17, 15) is 18.8 Å². The number of aromatic nitrogens is 2. The molecule has 128 valence electrons. The second-order valence-electron chi connectivity index (χ2n) is 5.52. The van der Waals surface area contributed by atoms with Gasteiger partial charge in [-0.15, -0.1) is 0 Å². The SMILES string of the molecule is Cc1ccc(F)cc1CNC(=O)n1[nH]c2cccc(C(=O)O)c2c1=O. The molecule has 0 saturated heterocycles. The van der Waals surface area contributed by atoms with Crippen molar-refractivity contribution in [3.8, 4) is 0 Å². The van der Waals surface area contributed by atoms with Crippen molar-refractivity contribution in [3.05, 3.63) is 69.3 Å². The van der Waals surface area contributed by atoms with Crippen LogP contribution in [0.5, 0.6) is 0 Å². The van der Waals surface area contributed by atoms with Crippen LogP contribution < -0.4 is 10.9 Å². The molecule has 0 saturated carbocycles. The number of carboxylic acids is 1. The molecule has 3 N–H and O–H groups in total. The zero-order chi connectivity index (χ0) is 18.1. The van der Waals surface area contributed by atoms with Gasteiger partial charge in [0, 0.05) is 6.54 Å². The molecule has 0 radical (unpaired) electrons. The van der Waals surface area contributed by atoms with E-state index in [0.717, 1.165) is 5.56 Å².